The topological polar surface area (TPSA) is 39.7 Å². The summed E-state index contributed by atoms with van der Waals surface area (Å²) in [5.41, 5.74) is 2.92. The number of nitrogens with one attached hydrogen (secondary N) is 2. The molecule has 0 aromatic heterocycles. The molecule has 1 saturated heterocycles. The molecular weight excluding hydrogens is 140 g/mol. The van der Waals surface area contributed by atoms with Crippen molar-refractivity contribution >= 4 is 6.34 Å². The van der Waals surface area contributed by atoms with E-state index >= 15 is 0 Å². The van der Waals surface area contributed by atoms with Crippen molar-refractivity contribution in [3.05, 3.63) is 6.54 Å². The van der Waals surface area contributed by atoms with Crippen LogP contribution in [0.1, 0.15) is 13.3 Å². The highest BCUT2D eigenvalue weighted by Crippen LogP contribution is 2.10. The average molecular weight is 152 g/mol. The van der Waals surface area contributed by atoms with Crippen LogP contribution in [-0.2, 0) is 0 Å². The lowest BCUT2D eigenvalue weighted by atomic mass is 10.1. The van der Waals surface area contributed by atoms with Crippen LogP contribution in [0.15, 0.2) is 5.10 Å². The molecule has 0 aromatic carbocycles. The molecule has 2 heterocycles. The zero-order chi connectivity index (χ0) is 7.68. The van der Waals surface area contributed by atoms with E-state index in [1.807, 2.05) is 6.34 Å². The molecule has 2 radical (unpaired) electrons. The van der Waals surface area contributed by atoms with Gasteiger partial charge in [0.15, 0.2) is 0 Å². The van der Waals surface area contributed by atoms with E-state index in [-0.39, 0.29) is 6.17 Å². The fourth-order valence-electron chi connectivity index (χ4n) is 1.31. The molecule has 0 aromatic rings. The number of hydrazone groups is 1. The predicted molar refractivity (Wildman–Crippen MR) is 42.6 cm³/mol. The maximum atomic E-state index is 3.95. The Morgan fingerprint density at radius 3 is 3.55 bits per heavy atom. The van der Waals surface area contributed by atoms with Crippen LogP contribution < -0.4 is 10.7 Å². The quantitative estimate of drug-likeness (QED) is 0.536. The molecule has 2 aliphatic rings. The fraction of sp³-hybridized carbons (Fsp3) is 0.714. The molecule has 11 heavy (non-hydrogen) atoms. The van der Waals surface area contributed by atoms with Gasteiger partial charge in [-0.15, -0.1) is 0 Å². The van der Waals surface area contributed by atoms with Gasteiger partial charge in [0, 0.05) is 12.6 Å². The van der Waals surface area contributed by atoms with Crippen molar-refractivity contribution in [3.8, 4) is 0 Å². The summed E-state index contributed by atoms with van der Waals surface area (Å²) in [7, 11) is 0. The molecule has 2 N–H and O–H groups in total. The first kappa shape index (κ1) is 6.91. The van der Waals surface area contributed by atoms with E-state index in [2.05, 4.69) is 34.2 Å². The fourth-order valence-corrected chi connectivity index (χ4v) is 1.31. The molecule has 4 nitrogen and oxygen atoms in total. The number of rotatable bonds is 1. The lowest BCUT2D eigenvalue weighted by Gasteiger charge is -2.33. The number of fused-ring (bicyclic) bond motifs is 1. The van der Waals surface area contributed by atoms with Gasteiger partial charge in [0.25, 0.3) is 0 Å². The lowest BCUT2D eigenvalue weighted by Crippen LogP contribution is -2.53. The molecular formula is C7H12N4. The maximum Gasteiger partial charge on any atom is 0.138 e. The molecule has 0 saturated carbocycles. The highest BCUT2D eigenvalue weighted by Gasteiger charge is 2.28. The first-order chi connectivity index (χ1) is 5.40. The summed E-state index contributed by atoms with van der Waals surface area (Å²) in [6.45, 7) is 6.31. The average Bonchev–Trinajstić information content (AvgIpc) is 2.50. The zero-order valence-electron chi connectivity index (χ0n) is 6.54. The number of hydrogen-bond acceptors (Lipinski definition) is 4. The van der Waals surface area contributed by atoms with Gasteiger partial charge in [0.05, 0.1) is 0 Å². The summed E-state index contributed by atoms with van der Waals surface area (Å²) in [4.78, 5) is 2.14. The summed E-state index contributed by atoms with van der Waals surface area (Å²) < 4.78 is 0. The molecule has 0 aliphatic carbocycles. The molecule has 1 fully saturated rings. The number of hydrogen-bond donors (Lipinski definition) is 2. The van der Waals surface area contributed by atoms with E-state index < -0.39 is 0 Å². The van der Waals surface area contributed by atoms with Crippen molar-refractivity contribution in [2.24, 2.45) is 5.10 Å². The Hall–Kier alpha value is -0.770. The molecule has 0 spiro atoms. The third-order valence-electron chi connectivity index (χ3n) is 2.08. The standard InChI is InChI=1S/C7H12N4/c1-2-6-4-11-5-9-10-7(11)3-8-6/h5-8,10H,2,4H2,1H3. The largest absolute Gasteiger partial charge is 0.336 e. The summed E-state index contributed by atoms with van der Waals surface area (Å²) in [5, 5.41) is 7.15. The van der Waals surface area contributed by atoms with Gasteiger partial charge in [-0.3, -0.25) is 10.7 Å². The molecule has 2 atom stereocenters. The van der Waals surface area contributed by atoms with E-state index in [1.165, 1.54) is 0 Å². The Balaban J connectivity index is 1.95. The number of nitrogens with zero attached hydrogens (tertiary/aromatic N) is 2. The van der Waals surface area contributed by atoms with Crippen molar-refractivity contribution in [2.75, 3.05) is 6.54 Å². The van der Waals surface area contributed by atoms with E-state index in [4.69, 9.17) is 0 Å². The van der Waals surface area contributed by atoms with Crippen LogP contribution in [0.25, 0.3) is 0 Å². The van der Waals surface area contributed by atoms with E-state index in [1.54, 1.807) is 0 Å². The Labute approximate surface area is 66.6 Å². The highest BCUT2D eigenvalue weighted by molar-refractivity contribution is 5.57. The van der Waals surface area contributed by atoms with Gasteiger partial charge >= 0.3 is 0 Å². The Morgan fingerprint density at radius 2 is 2.73 bits per heavy atom. The van der Waals surface area contributed by atoms with Crippen LogP contribution >= 0.6 is 0 Å². The van der Waals surface area contributed by atoms with E-state index in [9.17, 15) is 0 Å². The zero-order valence-corrected chi connectivity index (χ0v) is 6.54. The van der Waals surface area contributed by atoms with Crippen molar-refractivity contribution in [1.29, 1.82) is 0 Å². The van der Waals surface area contributed by atoms with Gasteiger partial charge in [-0.05, 0) is 6.42 Å². The summed E-state index contributed by atoms with van der Waals surface area (Å²) in [6, 6.07) is 0.526. The summed E-state index contributed by atoms with van der Waals surface area (Å²) >= 11 is 0. The second-order valence-electron chi connectivity index (χ2n) is 2.87. The normalized spacial score (nSPS) is 35.2. The molecule has 60 valence electrons. The van der Waals surface area contributed by atoms with Crippen LogP contribution in [0.4, 0.5) is 0 Å². The summed E-state index contributed by atoms with van der Waals surface area (Å²) in [6.07, 6.45) is 3.11. The second-order valence-corrected chi connectivity index (χ2v) is 2.87. The third-order valence-corrected chi connectivity index (χ3v) is 2.08. The van der Waals surface area contributed by atoms with Crippen molar-refractivity contribution in [1.82, 2.24) is 15.6 Å². The van der Waals surface area contributed by atoms with E-state index in [0.29, 0.717) is 6.04 Å². The van der Waals surface area contributed by atoms with Crippen LogP contribution in [0.5, 0.6) is 0 Å². The minimum Gasteiger partial charge on any atom is -0.336 e. The number of piperazine rings is 1. The summed E-state index contributed by atoms with van der Waals surface area (Å²) in [5.74, 6) is 0. The highest BCUT2D eigenvalue weighted by atomic mass is 15.5. The maximum absolute atomic E-state index is 3.95. The molecule has 4 heteroatoms. The van der Waals surface area contributed by atoms with Gasteiger partial charge in [0.1, 0.15) is 19.0 Å². The van der Waals surface area contributed by atoms with Crippen LogP contribution in [0.2, 0.25) is 0 Å². The molecule has 2 aliphatic heterocycles. The lowest BCUT2D eigenvalue weighted by molar-refractivity contribution is 0.242. The van der Waals surface area contributed by atoms with Gasteiger partial charge in [-0.1, -0.05) is 6.92 Å². The van der Waals surface area contributed by atoms with Gasteiger partial charge in [-0.25, -0.2) is 0 Å². The Kier molecular flexibility index (Phi) is 1.69. The first-order valence-electron chi connectivity index (χ1n) is 3.95. The van der Waals surface area contributed by atoms with Crippen LogP contribution in [0.3, 0.4) is 0 Å². The van der Waals surface area contributed by atoms with Crippen molar-refractivity contribution in [2.45, 2.75) is 25.6 Å². The van der Waals surface area contributed by atoms with Crippen LogP contribution in [0, 0.1) is 6.54 Å². The smallest absolute Gasteiger partial charge is 0.138 e. The molecule has 2 unspecified atom stereocenters. The molecule has 0 amide bonds. The van der Waals surface area contributed by atoms with Gasteiger partial charge in [-0.2, -0.15) is 5.10 Å². The predicted octanol–water partition coefficient (Wildman–Crippen LogP) is -0.418. The minimum absolute atomic E-state index is 0.151. The SMILES string of the molecule is CCC1CN2C=NNC2[C]N1. The van der Waals surface area contributed by atoms with E-state index in [0.717, 1.165) is 13.0 Å². The van der Waals surface area contributed by atoms with Crippen molar-refractivity contribution in [3.63, 3.8) is 0 Å². The first-order valence-corrected chi connectivity index (χ1v) is 3.95. The Bertz CT molecular complexity index is 168. The van der Waals surface area contributed by atoms with Crippen LogP contribution in [-0.4, -0.2) is 30.0 Å². The second kappa shape index (κ2) is 2.70. The molecule has 2 rings (SSSR count). The van der Waals surface area contributed by atoms with Gasteiger partial charge in [0.2, 0.25) is 0 Å². The minimum atomic E-state index is 0.151. The Morgan fingerprint density at radius 1 is 1.82 bits per heavy atom. The van der Waals surface area contributed by atoms with Crippen molar-refractivity contribution < 1.29 is 0 Å². The monoisotopic (exact) mass is 152 g/mol. The van der Waals surface area contributed by atoms with Gasteiger partial charge < -0.3 is 4.90 Å². The molecule has 0 bridgehead atoms. The third kappa shape index (κ3) is 1.18.